The zero-order valence-corrected chi connectivity index (χ0v) is 20.5. The number of carboxylic acids is 1. The molecule has 3 heteroatoms. The Bertz CT molecular complexity index is 333. The molecule has 0 unspecified atom stereocenters. The van der Waals surface area contributed by atoms with E-state index in [0.29, 0.717) is 0 Å². The minimum absolute atomic E-state index is 0.0965. The van der Waals surface area contributed by atoms with Crippen LogP contribution < -0.4 is 5.32 Å². The van der Waals surface area contributed by atoms with Gasteiger partial charge in [-0.2, -0.15) is 0 Å². The summed E-state index contributed by atoms with van der Waals surface area (Å²) in [5.74, 6) is -0.760. The van der Waals surface area contributed by atoms with Crippen LogP contribution in [0.25, 0.3) is 0 Å². The van der Waals surface area contributed by atoms with Crippen LogP contribution in [0.1, 0.15) is 155 Å². The lowest BCUT2D eigenvalue weighted by Gasteiger charge is -2.04. The van der Waals surface area contributed by atoms with Crippen molar-refractivity contribution in [2.75, 3.05) is 13.1 Å². The second kappa shape index (κ2) is 26.5. The van der Waals surface area contributed by atoms with Gasteiger partial charge < -0.3 is 10.4 Å². The molecule has 0 aliphatic rings. The lowest BCUT2D eigenvalue weighted by atomic mass is 10.0. The topological polar surface area (TPSA) is 49.3 Å². The zero-order valence-electron chi connectivity index (χ0n) is 20.5. The van der Waals surface area contributed by atoms with Crippen LogP contribution in [0.15, 0.2) is 0 Å². The number of carbonyl (C=O) groups is 1. The maximum atomic E-state index is 10.4. The van der Waals surface area contributed by atoms with Gasteiger partial charge in [-0.25, -0.2) is 0 Å². The fourth-order valence-corrected chi connectivity index (χ4v) is 4.23. The predicted molar refractivity (Wildman–Crippen MR) is 132 cm³/mol. The minimum atomic E-state index is -0.760. The van der Waals surface area contributed by atoms with E-state index >= 15 is 0 Å². The summed E-state index contributed by atoms with van der Waals surface area (Å²) in [6, 6.07) is 0. The molecular weight excluding hydrogens is 370 g/mol. The van der Waals surface area contributed by atoms with Crippen molar-refractivity contribution in [2.45, 2.75) is 155 Å². The molecule has 180 valence electrons. The monoisotopic (exact) mass is 425 g/mol. The van der Waals surface area contributed by atoms with Gasteiger partial charge in [0, 0.05) is 0 Å². The molecule has 0 aromatic rings. The van der Waals surface area contributed by atoms with Gasteiger partial charge in [0.05, 0.1) is 6.54 Å². The maximum absolute atomic E-state index is 10.4. The Morgan fingerprint density at radius 2 is 0.767 bits per heavy atom. The average molecular weight is 426 g/mol. The molecule has 0 saturated carbocycles. The lowest BCUT2D eigenvalue weighted by molar-refractivity contribution is -0.135. The SMILES string of the molecule is CCCCCCCCCCCCCCCCCCCCCCCCCNCC(=O)O. The first kappa shape index (κ1) is 29.4. The van der Waals surface area contributed by atoms with Gasteiger partial charge in [-0.15, -0.1) is 0 Å². The molecule has 0 aromatic carbocycles. The number of carboxylic acid groups (broad SMARTS) is 1. The van der Waals surface area contributed by atoms with Crippen LogP contribution in [0.4, 0.5) is 0 Å². The molecular formula is C27H55NO2. The number of aliphatic carboxylic acids is 1. The van der Waals surface area contributed by atoms with E-state index in [1.54, 1.807) is 0 Å². The number of hydrogen-bond donors (Lipinski definition) is 2. The summed E-state index contributed by atoms with van der Waals surface area (Å²) < 4.78 is 0. The maximum Gasteiger partial charge on any atom is 0.317 e. The molecule has 0 rings (SSSR count). The van der Waals surface area contributed by atoms with E-state index in [2.05, 4.69) is 12.2 Å². The Morgan fingerprint density at radius 3 is 1.03 bits per heavy atom. The van der Waals surface area contributed by atoms with E-state index in [1.807, 2.05) is 0 Å². The largest absolute Gasteiger partial charge is 0.480 e. The van der Waals surface area contributed by atoms with E-state index in [0.717, 1.165) is 13.0 Å². The number of unbranched alkanes of at least 4 members (excludes halogenated alkanes) is 22. The standard InChI is InChI=1S/C27H55NO2/c1-2-3-4-5-6-7-8-9-10-11-12-13-14-15-16-17-18-19-20-21-22-23-24-25-28-26-27(29)30/h28H,2-26H2,1H3,(H,29,30). The van der Waals surface area contributed by atoms with Crippen molar-refractivity contribution in [2.24, 2.45) is 0 Å². The van der Waals surface area contributed by atoms with Crippen molar-refractivity contribution in [3.63, 3.8) is 0 Å². The first-order valence-electron chi connectivity index (χ1n) is 13.7. The Hall–Kier alpha value is -0.570. The predicted octanol–water partition coefficient (Wildman–Crippen LogP) is 8.65. The smallest absolute Gasteiger partial charge is 0.317 e. The summed E-state index contributed by atoms with van der Waals surface area (Å²) in [4.78, 5) is 10.4. The molecule has 0 fully saturated rings. The van der Waals surface area contributed by atoms with Gasteiger partial charge in [0.2, 0.25) is 0 Å². The Balaban J connectivity index is 2.99. The highest BCUT2D eigenvalue weighted by Crippen LogP contribution is 2.15. The summed E-state index contributed by atoms with van der Waals surface area (Å²) in [5, 5.41) is 11.5. The first-order valence-corrected chi connectivity index (χ1v) is 13.7. The number of nitrogens with one attached hydrogen (secondary N) is 1. The summed E-state index contributed by atoms with van der Waals surface area (Å²) in [5.41, 5.74) is 0. The number of hydrogen-bond acceptors (Lipinski definition) is 2. The normalized spacial score (nSPS) is 11.2. The van der Waals surface area contributed by atoms with Gasteiger partial charge in [0.1, 0.15) is 0 Å². The van der Waals surface area contributed by atoms with Crippen molar-refractivity contribution in [1.29, 1.82) is 0 Å². The van der Waals surface area contributed by atoms with Gasteiger partial charge in [0.25, 0.3) is 0 Å². The third-order valence-corrected chi connectivity index (χ3v) is 6.23. The molecule has 30 heavy (non-hydrogen) atoms. The molecule has 0 aromatic heterocycles. The fraction of sp³-hybridized carbons (Fsp3) is 0.963. The van der Waals surface area contributed by atoms with Crippen LogP contribution in [-0.2, 0) is 4.79 Å². The van der Waals surface area contributed by atoms with Crippen molar-refractivity contribution < 1.29 is 9.90 Å². The zero-order chi connectivity index (χ0) is 22.0. The van der Waals surface area contributed by atoms with E-state index in [1.165, 1.54) is 141 Å². The highest BCUT2D eigenvalue weighted by Gasteiger charge is 1.97. The van der Waals surface area contributed by atoms with Crippen LogP contribution in [0, 0.1) is 0 Å². The highest BCUT2D eigenvalue weighted by molar-refractivity contribution is 5.68. The molecule has 0 bridgehead atoms. The van der Waals surface area contributed by atoms with Crippen LogP contribution in [0.2, 0.25) is 0 Å². The molecule has 0 aliphatic heterocycles. The van der Waals surface area contributed by atoms with Gasteiger partial charge in [-0.3, -0.25) is 4.79 Å². The van der Waals surface area contributed by atoms with E-state index in [-0.39, 0.29) is 6.54 Å². The van der Waals surface area contributed by atoms with Gasteiger partial charge in [-0.1, -0.05) is 148 Å². The Kier molecular flexibility index (Phi) is 26.0. The Labute approximate surface area is 189 Å². The first-order chi connectivity index (χ1) is 14.8. The Morgan fingerprint density at radius 1 is 0.500 bits per heavy atom. The molecule has 3 nitrogen and oxygen atoms in total. The fourth-order valence-electron chi connectivity index (χ4n) is 4.23. The van der Waals surface area contributed by atoms with Crippen molar-refractivity contribution in [3.05, 3.63) is 0 Å². The second-order valence-electron chi connectivity index (χ2n) is 9.35. The third kappa shape index (κ3) is 27.4. The average Bonchev–Trinajstić information content (AvgIpc) is 2.73. The van der Waals surface area contributed by atoms with E-state index in [4.69, 9.17) is 5.11 Å². The van der Waals surface area contributed by atoms with Gasteiger partial charge >= 0.3 is 5.97 Å². The van der Waals surface area contributed by atoms with Crippen molar-refractivity contribution in [3.8, 4) is 0 Å². The van der Waals surface area contributed by atoms with Crippen LogP contribution in [-0.4, -0.2) is 24.2 Å². The molecule has 0 aliphatic carbocycles. The summed E-state index contributed by atoms with van der Waals surface area (Å²) >= 11 is 0. The molecule has 0 heterocycles. The number of rotatable bonds is 26. The third-order valence-electron chi connectivity index (χ3n) is 6.23. The van der Waals surface area contributed by atoms with Gasteiger partial charge in [0.15, 0.2) is 0 Å². The minimum Gasteiger partial charge on any atom is -0.480 e. The molecule has 0 spiro atoms. The van der Waals surface area contributed by atoms with Crippen molar-refractivity contribution >= 4 is 5.97 Å². The van der Waals surface area contributed by atoms with Crippen LogP contribution in [0.5, 0.6) is 0 Å². The molecule has 0 amide bonds. The van der Waals surface area contributed by atoms with Gasteiger partial charge in [-0.05, 0) is 13.0 Å². The lowest BCUT2D eigenvalue weighted by Crippen LogP contribution is -2.23. The molecule has 0 saturated heterocycles. The summed E-state index contributed by atoms with van der Waals surface area (Å²) in [6.07, 6.45) is 32.3. The summed E-state index contributed by atoms with van der Waals surface area (Å²) in [7, 11) is 0. The molecule has 2 N–H and O–H groups in total. The summed E-state index contributed by atoms with van der Waals surface area (Å²) in [6.45, 7) is 3.23. The van der Waals surface area contributed by atoms with Crippen LogP contribution >= 0.6 is 0 Å². The van der Waals surface area contributed by atoms with E-state index < -0.39 is 5.97 Å². The quantitative estimate of drug-likeness (QED) is 0.136. The highest BCUT2D eigenvalue weighted by atomic mass is 16.4. The van der Waals surface area contributed by atoms with E-state index in [9.17, 15) is 4.79 Å². The molecule has 0 atom stereocenters. The van der Waals surface area contributed by atoms with Crippen LogP contribution in [0.3, 0.4) is 0 Å². The van der Waals surface area contributed by atoms with Crippen molar-refractivity contribution in [1.82, 2.24) is 5.32 Å². The molecule has 0 radical (unpaired) electrons. The second-order valence-corrected chi connectivity index (χ2v) is 9.35.